The Labute approximate surface area is 148 Å². The van der Waals surface area contributed by atoms with Crippen LogP contribution < -0.4 is 5.32 Å². The van der Waals surface area contributed by atoms with Gasteiger partial charge in [0, 0.05) is 33.3 Å². The third-order valence-electron chi connectivity index (χ3n) is 3.43. The summed E-state index contributed by atoms with van der Waals surface area (Å²) in [5, 5.41) is 2.45. The molecule has 1 saturated heterocycles. The minimum absolute atomic E-state index is 0.0114. The van der Waals surface area contributed by atoms with Crippen molar-refractivity contribution in [2.45, 2.75) is 26.4 Å². The maximum atomic E-state index is 12.1. The average Bonchev–Trinajstić information content (AvgIpc) is 2.55. The normalized spacial score (nSPS) is 15.0. The van der Waals surface area contributed by atoms with E-state index in [1.165, 1.54) is 0 Å². The van der Waals surface area contributed by atoms with Crippen LogP contribution in [0.5, 0.6) is 0 Å². The minimum Gasteiger partial charge on any atom is -0.444 e. The van der Waals surface area contributed by atoms with Gasteiger partial charge in [0.05, 0.1) is 13.2 Å². The van der Waals surface area contributed by atoms with Crippen LogP contribution in [0.2, 0.25) is 0 Å². The van der Waals surface area contributed by atoms with Gasteiger partial charge in [-0.15, -0.1) is 0 Å². The Morgan fingerprint density at radius 1 is 0.960 bits per heavy atom. The molecule has 0 aromatic rings. The van der Waals surface area contributed by atoms with E-state index in [2.05, 4.69) is 5.32 Å². The summed E-state index contributed by atoms with van der Waals surface area (Å²) in [5.74, 6) is -0.301. The Hall–Kier alpha value is -1.87. The molecule has 0 bridgehead atoms. The Balaban J connectivity index is 2.25. The highest BCUT2D eigenvalue weighted by molar-refractivity contribution is 5.83. The predicted molar refractivity (Wildman–Crippen MR) is 90.1 cm³/mol. The summed E-state index contributed by atoms with van der Waals surface area (Å²) < 4.78 is 15.1. The quantitative estimate of drug-likeness (QED) is 0.635. The van der Waals surface area contributed by atoms with Crippen molar-refractivity contribution >= 4 is 17.9 Å². The van der Waals surface area contributed by atoms with E-state index in [0.717, 1.165) is 0 Å². The Kier molecular flexibility index (Phi) is 8.64. The summed E-state index contributed by atoms with van der Waals surface area (Å²) in [6, 6.07) is 0. The van der Waals surface area contributed by atoms with Crippen molar-refractivity contribution in [3.63, 3.8) is 0 Å². The molecule has 25 heavy (non-hydrogen) atoms. The summed E-state index contributed by atoms with van der Waals surface area (Å²) in [6.45, 7) is 7.72. The lowest BCUT2D eigenvalue weighted by atomic mass is 10.2. The summed E-state index contributed by atoms with van der Waals surface area (Å²) in [6.07, 6.45) is -0.622. The SMILES string of the molecule is COCCOCC(=O)N1CCN(C(=O)CNC(=O)OC(C)(C)C)CC1. The molecule has 1 rings (SSSR count). The van der Waals surface area contributed by atoms with E-state index in [4.69, 9.17) is 14.2 Å². The number of hydrogen-bond acceptors (Lipinski definition) is 6. The number of alkyl carbamates (subject to hydrolysis) is 1. The molecule has 1 N–H and O–H groups in total. The highest BCUT2D eigenvalue weighted by atomic mass is 16.6. The first-order valence-corrected chi connectivity index (χ1v) is 8.32. The smallest absolute Gasteiger partial charge is 0.408 e. The van der Waals surface area contributed by atoms with Crippen LogP contribution in [0.15, 0.2) is 0 Å². The van der Waals surface area contributed by atoms with Crippen LogP contribution in [0, 0.1) is 0 Å². The van der Waals surface area contributed by atoms with E-state index in [-0.39, 0.29) is 25.0 Å². The molecule has 1 aliphatic rings. The van der Waals surface area contributed by atoms with Crippen molar-refractivity contribution < 1.29 is 28.6 Å². The topological polar surface area (TPSA) is 97.4 Å². The number of nitrogens with zero attached hydrogens (tertiary/aromatic N) is 2. The number of ether oxygens (including phenoxy) is 3. The Morgan fingerprint density at radius 3 is 2.04 bits per heavy atom. The zero-order valence-corrected chi connectivity index (χ0v) is 15.5. The molecular weight excluding hydrogens is 330 g/mol. The van der Waals surface area contributed by atoms with Crippen molar-refractivity contribution in [1.82, 2.24) is 15.1 Å². The fourth-order valence-electron chi connectivity index (χ4n) is 2.17. The number of piperazine rings is 1. The van der Waals surface area contributed by atoms with Crippen LogP contribution in [0.3, 0.4) is 0 Å². The summed E-state index contributed by atoms with van der Waals surface area (Å²) in [7, 11) is 1.57. The van der Waals surface area contributed by atoms with Crippen LogP contribution in [0.25, 0.3) is 0 Å². The third-order valence-corrected chi connectivity index (χ3v) is 3.43. The van der Waals surface area contributed by atoms with Gasteiger partial charge in [-0.25, -0.2) is 4.79 Å². The van der Waals surface area contributed by atoms with Crippen molar-refractivity contribution in [2.75, 3.05) is 59.7 Å². The van der Waals surface area contributed by atoms with Crippen molar-refractivity contribution in [3.05, 3.63) is 0 Å². The fourth-order valence-corrected chi connectivity index (χ4v) is 2.17. The summed E-state index contributed by atoms with van der Waals surface area (Å²) in [5.41, 5.74) is -0.607. The molecular formula is C16H29N3O6. The lowest BCUT2D eigenvalue weighted by Crippen LogP contribution is -2.53. The Bertz CT molecular complexity index is 455. The van der Waals surface area contributed by atoms with Gasteiger partial charge >= 0.3 is 6.09 Å². The first-order chi connectivity index (χ1) is 11.7. The van der Waals surface area contributed by atoms with Crippen molar-refractivity contribution in [1.29, 1.82) is 0 Å². The largest absolute Gasteiger partial charge is 0.444 e. The van der Waals surface area contributed by atoms with Gasteiger partial charge in [0.2, 0.25) is 11.8 Å². The molecule has 0 aromatic heterocycles. The van der Waals surface area contributed by atoms with E-state index in [0.29, 0.717) is 39.4 Å². The van der Waals surface area contributed by atoms with E-state index in [1.54, 1.807) is 37.7 Å². The standard InChI is InChI=1S/C16H29N3O6/c1-16(2,3)25-15(22)17-11-13(20)18-5-7-19(8-6-18)14(21)12-24-10-9-23-4/h5-12H2,1-4H3,(H,17,22). The second-order valence-corrected chi connectivity index (χ2v) is 6.66. The number of carbonyl (C=O) groups excluding carboxylic acids is 3. The number of rotatable bonds is 7. The minimum atomic E-state index is -0.622. The molecule has 0 spiro atoms. The lowest BCUT2D eigenvalue weighted by Gasteiger charge is -2.34. The first kappa shape index (κ1) is 21.2. The third kappa shape index (κ3) is 8.69. The van der Waals surface area contributed by atoms with Gasteiger partial charge in [-0.2, -0.15) is 0 Å². The van der Waals surface area contributed by atoms with E-state index in [1.807, 2.05) is 0 Å². The maximum absolute atomic E-state index is 12.1. The predicted octanol–water partition coefficient (Wildman–Crippen LogP) is -0.155. The monoisotopic (exact) mass is 359 g/mol. The van der Waals surface area contributed by atoms with Gasteiger partial charge in [0.25, 0.3) is 0 Å². The lowest BCUT2D eigenvalue weighted by molar-refractivity contribution is -0.142. The number of nitrogens with one attached hydrogen (secondary N) is 1. The number of methoxy groups -OCH3 is 1. The van der Waals surface area contributed by atoms with Crippen LogP contribution in [0.4, 0.5) is 4.79 Å². The number of carbonyl (C=O) groups is 3. The van der Waals surface area contributed by atoms with E-state index < -0.39 is 11.7 Å². The first-order valence-electron chi connectivity index (χ1n) is 8.32. The van der Waals surface area contributed by atoms with Gasteiger partial charge in [0.15, 0.2) is 0 Å². The second-order valence-electron chi connectivity index (χ2n) is 6.66. The van der Waals surface area contributed by atoms with Gasteiger partial charge < -0.3 is 29.3 Å². The molecule has 9 nitrogen and oxygen atoms in total. The number of amides is 3. The molecule has 0 radical (unpaired) electrons. The second kappa shape index (κ2) is 10.2. The van der Waals surface area contributed by atoms with Crippen molar-refractivity contribution in [2.24, 2.45) is 0 Å². The van der Waals surface area contributed by atoms with E-state index >= 15 is 0 Å². The molecule has 1 heterocycles. The summed E-state index contributed by atoms with van der Waals surface area (Å²) in [4.78, 5) is 38.9. The molecule has 0 saturated carbocycles. The van der Waals surface area contributed by atoms with Gasteiger partial charge in [-0.1, -0.05) is 0 Å². The number of hydrogen-bond donors (Lipinski definition) is 1. The highest BCUT2D eigenvalue weighted by Gasteiger charge is 2.24. The molecule has 3 amide bonds. The zero-order chi connectivity index (χ0) is 18.9. The average molecular weight is 359 g/mol. The molecule has 144 valence electrons. The van der Waals surface area contributed by atoms with Crippen LogP contribution in [-0.4, -0.2) is 93.0 Å². The molecule has 0 aromatic carbocycles. The Morgan fingerprint density at radius 2 is 1.52 bits per heavy atom. The van der Waals surface area contributed by atoms with Crippen LogP contribution >= 0.6 is 0 Å². The molecule has 9 heteroatoms. The van der Waals surface area contributed by atoms with Crippen LogP contribution in [-0.2, 0) is 23.8 Å². The van der Waals surface area contributed by atoms with E-state index in [9.17, 15) is 14.4 Å². The van der Waals surface area contributed by atoms with Gasteiger partial charge in [0.1, 0.15) is 18.8 Å². The molecule has 1 aliphatic heterocycles. The molecule has 1 fully saturated rings. The van der Waals surface area contributed by atoms with Crippen molar-refractivity contribution in [3.8, 4) is 0 Å². The highest BCUT2D eigenvalue weighted by Crippen LogP contribution is 2.06. The van der Waals surface area contributed by atoms with Gasteiger partial charge in [-0.05, 0) is 20.8 Å². The molecule has 0 unspecified atom stereocenters. The summed E-state index contributed by atoms with van der Waals surface area (Å²) >= 11 is 0. The zero-order valence-electron chi connectivity index (χ0n) is 15.5. The van der Waals surface area contributed by atoms with Gasteiger partial charge in [-0.3, -0.25) is 9.59 Å². The van der Waals surface area contributed by atoms with Crippen LogP contribution in [0.1, 0.15) is 20.8 Å². The fraction of sp³-hybridized carbons (Fsp3) is 0.812. The maximum Gasteiger partial charge on any atom is 0.408 e. The molecule has 0 atom stereocenters. The molecule has 0 aliphatic carbocycles.